The van der Waals surface area contributed by atoms with E-state index in [0.29, 0.717) is 18.1 Å². The van der Waals surface area contributed by atoms with Crippen LogP contribution in [0.4, 0.5) is 4.39 Å². The van der Waals surface area contributed by atoms with Gasteiger partial charge in [-0.05, 0) is 56.1 Å². The summed E-state index contributed by atoms with van der Waals surface area (Å²) in [6.07, 6.45) is 7.48. The van der Waals surface area contributed by atoms with Gasteiger partial charge >= 0.3 is 0 Å². The molecule has 1 aliphatic carbocycles. The smallest absolute Gasteiger partial charge is 0.165 e. The van der Waals surface area contributed by atoms with Crippen molar-refractivity contribution in [1.29, 1.82) is 0 Å². The van der Waals surface area contributed by atoms with Gasteiger partial charge in [0.2, 0.25) is 0 Å². The third kappa shape index (κ3) is 4.19. The minimum atomic E-state index is -0.253. The van der Waals surface area contributed by atoms with Crippen molar-refractivity contribution in [2.45, 2.75) is 70.9 Å². The Hall–Kier alpha value is -1.09. The first-order chi connectivity index (χ1) is 10.2. The second-order valence-corrected chi connectivity index (χ2v) is 6.21. The molecule has 0 heterocycles. The van der Waals surface area contributed by atoms with Crippen LogP contribution in [0, 0.1) is 11.7 Å². The van der Waals surface area contributed by atoms with Crippen LogP contribution in [0.5, 0.6) is 5.75 Å². The third-order valence-electron chi connectivity index (χ3n) is 4.69. The molecule has 1 saturated carbocycles. The van der Waals surface area contributed by atoms with Gasteiger partial charge in [-0.3, -0.25) is 0 Å². The maximum atomic E-state index is 14.2. The largest absolute Gasteiger partial charge is 0.487 e. The zero-order valence-corrected chi connectivity index (χ0v) is 13.3. The highest BCUT2D eigenvalue weighted by atomic mass is 19.1. The predicted octanol–water partition coefficient (Wildman–Crippen LogP) is 4.45. The fourth-order valence-electron chi connectivity index (χ4n) is 3.22. The molecule has 1 aliphatic rings. The minimum absolute atomic E-state index is 0.0578. The molecule has 0 amide bonds. The van der Waals surface area contributed by atoms with Gasteiger partial charge in [-0.15, -0.1) is 0 Å². The topological polar surface area (TPSA) is 35.2 Å². The Morgan fingerprint density at radius 3 is 2.76 bits per heavy atom. The van der Waals surface area contributed by atoms with Crippen molar-refractivity contribution >= 4 is 0 Å². The highest BCUT2D eigenvalue weighted by Gasteiger charge is 2.27. The molecule has 21 heavy (non-hydrogen) atoms. The average molecular weight is 293 g/mol. The van der Waals surface area contributed by atoms with Crippen molar-refractivity contribution in [1.82, 2.24) is 0 Å². The standard InChI is InChI=1S/C18H28FNO/c1-3-13-8-5-6-11-17(13)21-18-14(12-15(20)4-2)9-7-10-16(18)19/h7,9-10,13,15,17H,3-6,8,11-12,20H2,1-2H3. The fraction of sp³-hybridized carbons (Fsp3) is 0.667. The molecule has 0 aliphatic heterocycles. The maximum Gasteiger partial charge on any atom is 0.165 e. The summed E-state index contributed by atoms with van der Waals surface area (Å²) >= 11 is 0. The van der Waals surface area contributed by atoms with E-state index in [1.54, 1.807) is 6.07 Å². The number of halogens is 1. The van der Waals surface area contributed by atoms with E-state index in [-0.39, 0.29) is 18.0 Å². The second-order valence-electron chi connectivity index (χ2n) is 6.21. The number of hydrogen-bond acceptors (Lipinski definition) is 2. The fourth-order valence-corrected chi connectivity index (χ4v) is 3.22. The van der Waals surface area contributed by atoms with Gasteiger partial charge < -0.3 is 10.5 Å². The van der Waals surface area contributed by atoms with Crippen molar-refractivity contribution in [2.75, 3.05) is 0 Å². The summed E-state index contributed by atoms with van der Waals surface area (Å²) in [6, 6.07) is 5.23. The highest BCUT2D eigenvalue weighted by molar-refractivity contribution is 5.36. The SMILES string of the molecule is CCC(N)Cc1cccc(F)c1OC1CCCCC1CC. The lowest BCUT2D eigenvalue weighted by Gasteiger charge is -2.32. The van der Waals surface area contributed by atoms with E-state index in [1.165, 1.54) is 25.3 Å². The molecule has 2 nitrogen and oxygen atoms in total. The van der Waals surface area contributed by atoms with Gasteiger partial charge in [-0.1, -0.05) is 32.4 Å². The molecule has 3 unspecified atom stereocenters. The lowest BCUT2D eigenvalue weighted by Crippen LogP contribution is -2.31. The van der Waals surface area contributed by atoms with Crippen molar-refractivity contribution in [2.24, 2.45) is 11.7 Å². The van der Waals surface area contributed by atoms with Gasteiger partial charge in [0.05, 0.1) is 0 Å². The molecule has 3 atom stereocenters. The van der Waals surface area contributed by atoms with Gasteiger partial charge in [-0.2, -0.15) is 0 Å². The molecule has 0 bridgehead atoms. The van der Waals surface area contributed by atoms with Crippen LogP contribution >= 0.6 is 0 Å². The van der Waals surface area contributed by atoms with Crippen LogP contribution < -0.4 is 10.5 Å². The highest BCUT2D eigenvalue weighted by Crippen LogP contribution is 2.33. The number of benzene rings is 1. The summed E-state index contributed by atoms with van der Waals surface area (Å²) in [7, 11) is 0. The monoisotopic (exact) mass is 293 g/mol. The third-order valence-corrected chi connectivity index (χ3v) is 4.69. The van der Waals surface area contributed by atoms with Crippen LogP contribution in [-0.2, 0) is 6.42 Å². The van der Waals surface area contributed by atoms with Crippen LogP contribution in [0.25, 0.3) is 0 Å². The number of ether oxygens (including phenoxy) is 1. The molecule has 1 aromatic rings. The van der Waals surface area contributed by atoms with Crippen LogP contribution in [0.2, 0.25) is 0 Å². The van der Waals surface area contributed by atoms with E-state index in [4.69, 9.17) is 10.5 Å². The van der Waals surface area contributed by atoms with Crippen molar-refractivity contribution in [3.05, 3.63) is 29.6 Å². The molecule has 1 fully saturated rings. The summed E-state index contributed by atoms with van der Waals surface area (Å²) in [6.45, 7) is 4.25. The number of rotatable bonds is 6. The molecule has 1 aromatic carbocycles. The summed E-state index contributed by atoms with van der Waals surface area (Å²) in [5.41, 5.74) is 6.94. The van der Waals surface area contributed by atoms with Crippen LogP contribution in [0.3, 0.4) is 0 Å². The van der Waals surface area contributed by atoms with E-state index in [2.05, 4.69) is 13.8 Å². The van der Waals surface area contributed by atoms with E-state index in [0.717, 1.165) is 24.8 Å². The van der Waals surface area contributed by atoms with Crippen LogP contribution in [0.15, 0.2) is 18.2 Å². The Kier molecular flexibility index (Phi) is 6.04. The molecular formula is C18H28FNO. The Morgan fingerprint density at radius 2 is 2.05 bits per heavy atom. The van der Waals surface area contributed by atoms with Gasteiger partial charge in [0.1, 0.15) is 6.10 Å². The Labute approximate surface area is 127 Å². The van der Waals surface area contributed by atoms with Gasteiger partial charge in [-0.25, -0.2) is 4.39 Å². The molecule has 0 saturated heterocycles. The average Bonchev–Trinajstić information content (AvgIpc) is 2.51. The summed E-state index contributed by atoms with van der Waals surface area (Å²) < 4.78 is 20.4. The molecular weight excluding hydrogens is 265 g/mol. The molecule has 0 aromatic heterocycles. The molecule has 0 radical (unpaired) electrons. The Morgan fingerprint density at radius 1 is 1.29 bits per heavy atom. The number of hydrogen-bond donors (Lipinski definition) is 1. The Bertz CT molecular complexity index is 449. The summed E-state index contributed by atoms with van der Waals surface area (Å²) in [4.78, 5) is 0. The van der Waals surface area contributed by atoms with Gasteiger partial charge in [0.25, 0.3) is 0 Å². The second kappa shape index (κ2) is 7.79. The lowest BCUT2D eigenvalue weighted by atomic mass is 9.84. The van der Waals surface area contributed by atoms with E-state index in [1.807, 2.05) is 6.07 Å². The molecule has 0 spiro atoms. The number of nitrogens with two attached hydrogens (primary N) is 1. The zero-order chi connectivity index (χ0) is 15.2. The summed E-state index contributed by atoms with van der Waals surface area (Å²) in [5, 5.41) is 0. The molecule has 3 heteroatoms. The maximum absolute atomic E-state index is 14.2. The minimum Gasteiger partial charge on any atom is -0.487 e. The first kappa shape index (κ1) is 16.3. The van der Waals surface area contributed by atoms with E-state index < -0.39 is 0 Å². The number of para-hydroxylation sites is 1. The van der Waals surface area contributed by atoms with E-state index in [9.17, 15) is 4.39 Å². The zero-order valence-electron chi connectivity index (χ0n) is 13.3. The summed E-state index contributed by atoms with van der Waals surface area (Å²) in [5.74, 6) is 0.731. The van der Waals surface area contributed by atoms with Crippen molar-refractivity contribution in [3.63, 3.8) is 0 Å². The van der Waals surface area contributed by atoms with Crippen molar-refractivity contribution in [3.8, 4) is 5.75 Å². The molecule has 2 N–H and O–H groups in total. The quantitative estimate of drug-likeness (QED) is 0.841. The lowest BCUT2D eigenvalue weighted by molar-refractivity contribution is 0.0851. The van der Waals surface area contributed by atoms with Crippen molar-refractivity contribution < 1.29 is 9.13 Å². The van der Waals surface area contributed by atoms with Gasteiger partial charge in [0.15, 0.2) is 11.6 Å². The Balaban J connectivity index is 2.17. The van der Waals surface area contributed by atoms with Crippen LogP contribution in [0.1, 0.15) is 57.9 Å². The van der Waals surface area contributed by atoms with E-state index >= 15 is 0 Å². The van der Waals surface area contributed by atoms with Gasteiger partial charge in [0, 0.05) is 6.04 Å². The first-order valence-electron chi connectivity index (χ1n) is 8.35. The molecule has 118 valence electrons. The first-order valence-corrected chi connectivity index (χ1v) is 8.35. The normalized spacial score (nSPS) is 23.8. The van der Waals surface area contributed by atoms with Crippen LogP contribution in [-0.4, -0.2) is 12.1 Å². The molecule has 2 rings (SSSR count). The predicted molar refractivity (Wildman–Crippen MR) is 85.0 cm³/mol.